The third-order valence-electron chi connectivity index (χ3n) is 2.98. The molecule has 1 rings (SSSR count). The summed E-state index contributed by atoms with van der Waals surface area (Å²) in [6.07, 6.45) is 1.44. The summed E-state index contributed by atoms with van der Waals surface area (Å²) < 4.78 is 0. The molecule has 0 aliphatic heterocycles. The minimum Gasteiger partial charge on any atom is -0.409 e. The van der Waals surface area contributed by atoms with E-state index in [1.165, 1.54) is 0 Å². The molecule has 1 atom stereocenters. The number of rotatable bonds is 6. The van der Waals surface area contributed by atoms with E-state index in [4.69, 9.17) is 10.9 Å². The third kappa shape index (κ3) is 4.15. The van der Waals surface area contributed by atoms with Crippen molar-refractivity contribution >= 4 is 17.4 Å². The van der Waals surface area contributed by atoms with E-state index in [9.17, 15) is 4.79 Å². The Hall–Kier alpha value is -2.24. The largest absolute Gasteiger partial charge is 0.409 e. The Bertz CT molecular complexity index is 486. The van der Waals surface area contributed by atoms with Crippen LogP contribution in [0, 0.1) is 0 Å². The number of amidine groups is 1. The van der Waals surface area contributed by atoms with Crippen LogP contribution in [0.25, 0.3) is 0 Å². The standard InChI is InChI=1S/C14H22N4O2/c1-4-6-12(13(15)17-20)16-14(19)10-7-5-8-11(9-10)18(2)3/h5,7-9,12,20H,4,6H2,1-3H3,(H2,15,17)(H,16,19). The summed E-state index contributed by atoms with van der Waals surface area (Å²) in [6, 6.07) is 6.81. The first-order chi connectivity index (χ1) is 9.49. The zero-order chi connectivity index (χ0) is 15.1. The summed E-state index contributed by atoms with van der Waals surface area (Å²) >= 11 is 0. The average Bonchev–Trinajstić information content (AvgIpc) is 2.45. The average molecular weight is 278 g/mol. The van der Waals surface area contributed by atoms with Gasteiger partial charge in [0.2, 0.25) is 0 Å². The van der Waals surface area contributed by atoms with E-state index in [1.54, 1.807) is 12.1 Å². The highest BCUT2D eigenvalue weighted by Crippen LogP contribution is 2.13. The van der Waals surface area contributed by atoms with E-state index in [1.807, 2.05) is 38.1 Å². The number of amides is 1. The molecule has 1 amide bonds. The van der Waals surface area contributed by atoms with Gasteiger partial charge in [0.15, 0.2) is 5.84 Å². The molecule has 4 N–H and O–H groups in total. The topological polar surface area (TPSA) is 91.0 Å². The lowest BCUT2D eigenvalue weighted by Crippen LogP contribution is -2.44. The Morgan fingerprint density at radius 3 is 2.75 bits per heavy atom. The molecule has 110 valence electrons. The van der Waals surface area contributed by atoms with Crippen molar-refractivity contribution in [1.29, 1.82) is 0 Å². The molecular weight excluding hydrogens is 256 g/mol. The van der Waals surface area contributed by atoms with Crippen LogP contribution in [0.2, 0.25) is 0 Å². The van der Waals surface area contributed by atoms with Crippen LogP contribution in [0.15, 0.2) is 29.4 Å². The summed E-state index contributed by atoms with van der Waals surface area (Å²) in [6.45, 7) is 1.97. The van der Waals surface area contributed by atoms with Gasteiger partial charge in [-0.1, -0.05) is 24.6 Å². The van der Waals surface area contributed by atoms with E-state index in [2.05, 4.69) is 10.5 Å². The smallest absolute Gasteiger partial charge is 0.251 e. The summed E-state index contributed by atoms with van der Waals surface area (Å²) in [4.78, 5) is 14.1. The first kappa shape index (κ1) is 15.8. The van der Waals surface area contributed by atoms with E-state index in [-0.39, 0.29) is 11.7 Å². The van der Waals surface area contributed by atoms with Crippen LogP contribution in [0.5, 0.6) is 0 Å². The maximum Gasteiger partial charge on any atom is 0.251 e. The van der Waals surface area contributed by atoms with Gasteiger partial charge in [0.25, 0.3) is 5.91 Å². The molecule has 0 radical (unpaired) electrons. The van der Waals surface area contributed by atoms with E-state index in [0.717, 1.165) is 12.1 Å². The lowest BCUT2D eigenvalue weighted by molar-refractivity contribution is 0.0945. The predicted molar refractivity (Wildman–Crippen MR) is 80.3 cm³/mol. The number of nitrogens with one attached hydrogen (secondary N) is 1. The fourth-order valence-corrected chi connectivity index (χ4v) is 1.82. The molecule has 0 saturated heterocycles. The lowest BCUT2D eigenvalue weighted by atomic mass is 10.1. The lowest BCUT2D eigenvalue weighted by Gasteiger charge is -2.18. The number of carbonyl (C=O) groups is 1. The number of benzene rings is 1. The fraction of sp³-hybridized carbons (Fsp3) is 0.429. The summed E-state index contributed by atoms with van der Waals surface area (Å²) in [5, 5.41) is 14.5. The van der Waals surface area contributed by atoms with Gasteiger partial charge in [-0.2, -0.15) is 0 Å². The monoisotopic (exact) mass is 278 g/mol. The molecule has 0 aliphatic rings. The summed E-state index contributed by atoms with van der Waals surface area (Å²) in [7, 11) is 3.82. The maximum atomic E-state index is 12.2. The van der Waals surface area contributed by atoms with Crippen LogP contribution in [0.4, 0.5) is 5.69 Å². The van der Waals surface area contributed by atoms with Gasteiger partial charge in [0.05, 0.1) is 6.04 Å². The number of hydrogen-bond acceptors (Lipinski definition) is 4. The minimum absolute atomic E-state index is 0.0176. The molecule has 1 aromatic carbocycles. The van der Waals surface area contributed by atoms with Crippen molar-refractivity contribution < 1.29 is 10.0 Å². The van der Waals surface area contributed by atoms with Crippen LogP contribution < -0.4 is 16.0 Å². The zero-order valence-electron chi connectivity index (χ0n) is 12.1. The maximum absolute atomic E-state index is 12.2. The molecule has 6 nitrogen and oxygen atoms in total. The third-order valence-corrected chi connectivity index (χ3v) is 2.98. The van der Waals surface area contributed by atoms with Crippen molar-refractivity contribution in [2.24, 2.45) is 10.9 Å². The zero-order valence-corrected chi connectivity index (χ0v) is 12.1. The van der Waals surface area contributed by atoms with Crippen molar-refractivity contribution in [3.8, 4) is 0 Å². The van der Waals surface area contributed by atoms with Crippen LogP contribution in [-0.4, -0.2) is 37.1 Å². The molecule has 0 spiro atoms. The van der Waals surface area contributed by atoms with E-state index < -0.39 is 6.04 Å². The van der Waals surface area contributed by atoms with E-state index in [0.29, 0.717) is 12.0 Å². The number of anilines is 1. The SMILES string of the molecule is CCCC(NC(=O)c1cccc(N(C)C)c1)/C(N)=N/O. The fourth-order valence-electron chi connectivity index (χ4n) is 1.82. The second kappa shape index (κ2) is 7.37. The molecule has 6 heteroatoms. The molecule has 0 saturated carbocycles. The van der Waals surface area contributed by atoms with Gasteiger partial charge in [0, 0.05) is 25.3 Å². The predicted octanol–water partition coefficient (Wildman–Crippen LogP) is 1.40. The Kier molecular flexibility index (Phi) is 5.83. The quantitative estimate of drug-likeness (QED) is 0.317. The van der Waals surface area contributed by atoms with Gasteiger partial charge in [-0.25, -0.2) is 0 Å². The minimum atomic E-state index is -0.458. The first-order valence-electron chi connectivity index (χ1n) is 6.55. The Morgan fingerprint density at radius 2 is 2.20 bits per heavy atom. The molecule has 0 heterocycles. The van der Waals surface area contributed by atoms with Crippen LogP contribution >= 0.6 is 0 Å². The van der Waals surface area contributed by atoms with Gasteiger partial charge < -0.3 is 21.2 Å². The molecule has 0 aromatic heterocycles. The normalized spacial score (nSPS) is 12.8. The van der Waals surface area contributed by atoms with Gasteiger partial charge in [-0.3, -0.25) is 4.79 Å². The van der Waals surface area contributed by atoms with Gasteiger partial charge >= 0.3 is 0 Å². The van der Waals surface area contributed by atoms with Crippen molar-refractivity contribution in [2.75, 3.05) is 19.0 Å². The van der Waals surface area contributed by atoms with Crippen LogP contribution in [0.3, 0.4) is 0 Å². The number of carbonyl (C=O) groups excluding carboxylic acids is 1. The second-order valence-corrected chi connectivity index (χ2v) is 4.78. The van der Waals surface area contributed by atoms with E-state index >= 15 is 0 Å². The van der Waals surface area contributed by atoms with Gasteiger partial charge in [0.1, 0.15) is 0 Å². The van der Waals surface area contributed by atoms with Crippen molar-refractivity contribution in [1.82, 2.24) is 5.32 Å². The number of oxime groups is 1. The molecule has 0 aliphatic carbocycles. The van der Waals surface area contributed by atoms with Crippen molar-refractivity contribution in [2.45, 2.75) is 25.8 Å². The number of hydrogen-bond donors (Lipinski definition) is 3. The van der Waals surface area contributed by atoms with Gasteiger partial charge in [-0.15, -0.1) is 0 Å². The number of nitrogens with zero attached hydrogens (tertiary/aromatic N) is 2. The molecule has 1 unspecified atom stereocenters. The highest BCUT2D eigenvalue weighted by atomic mass is 16.4. The molecular formula is C14H22N4O2. The van der Waals surface area contributed by atoms with Crippen LogP contribution in [0.1, 0.15) is 30.1 Å². The highest BCUT2D eigenvalue weighted by molar-refractivity contribution is 5.98. The highest BCUT2D eigenvalue weighted by Gasteiger charge is 2.17. The molecule has 0 bridgehead atoms. The second-order valence-electron chi connectivity index (χ2n) is 4.78. The molecule has 1 aromatic rings. The summed E-state index contributed by atoms with van der Waals surface area (Å²) in [5.41, 5.74) is 7.07. The summed E-state index contributed by atoms with van der Waals surface area (Å²) in [5.74, 6) is -0.220. The molecule has 20 heavy (non-hydrogen) atoms. The Morgan fingerprint density at radius 1 is 1.50 bits per heavy atom. The van der Waals surface area contributed by atoms with Crippen molar-refractivity contribution in [3.63, 3.8) is 0 Å². The Labute approximate surface area is 119 Å². The van der Waals surface area contributed by atoms with Gasteiger partial charge in [-0.05, 0) is 24.6 Å². The Balaban J connectivity index is 2.86. The first-order valence-corrected chi connectivity index (χ1v) is 6.55. The van der Waals surface area contributed by atoms with Crippen LogP contribution in [-0.2, 0) is 0 Å². The number of nitrogens with two attached hydrogens (primary N) is 1. The molecule has 0 fully saturated rings. The van der Waals surface area contributed by atoms with Crippen molar-refractivity contribution in [3.05, 3.63) is 29.8 Å².